The van der Waals surface area contributed by atoms with Crippen molar-refractivity contribution in [3.63, 3.8) is 0 Å². The summed E-state index contributed by atoms with van der Waals surface area (Å²) in [5.74, 6) is 0.651. The monoisotopic (exact) mass is 450 g/mol. The molecular weight excluding hydrogens is 441 g/mol. The molecule has 25 heavy (non-hydrogen) atoms. The Morgan fingerprint density at radius 2 is 1.84 bits per heavy atom. The van der Waals surface area contributed by atoms with Crippen molar-refractivity contribution in [2.45, 2.75) is 11.8 Å². The predicted molar refractivity (Wildman–Crippen MR) is 97.4 cm³/mol. The zero-order chi connectivity index (χ0) is 17.1. The summed E-state index contributed by atoms with van der Waals surface area (Å²) in [6.45, 7) is 0. The van der Waals surface area contributed by atoms with Crippen molar-refractivity contribution in [2.24, 2.45) is 0 Å². The molecule has 0 bridgehead atoms. The summed E-state index contributed by atoms with van der Waals surface area (Å²) in [5, 5.41) is 11.6. The van der Waals surface area contributed by atoms with Gasteiger partial charge in [0.05, 0.1) is 22.3 Å². The molecular formula is C16H11BrClF3N2OS. The highest BCUT2D eigenvalue weighted by atomic mass is 79.9. The van der Waals surface area contributed by atoms with Crippen LogP contribution < -0.4 is 0 Å². The van der Waals surface area contributed by atoms with E-state index in [1.165, 1.54) is 18.0 Å². The largest absolute Gasteiger partial charge is 0.416 e. The van der Waals surface area contributed by atoms with Crippen LogP contribution in [0.25, 0.3) is 11.0 Å². The van der Waals surface area contributed by atoms with Crippen molar-refractivity contribution in [1.29, 1.82) is 0 Å². The molecule has 0 saturated heterocycles. The molecule has 1 N–H and O–H groups in total. The first-order valence-electron chi connectivity index (χ1n) is 7.01. The fourth-order valence-corrected chi connectivity index (χ4v) is 4.13. The van der Waals surface area contributed by atoms with E-state index < -0.39 is 17.3 Å². The van der Waals surface area contributed by atoms with Gasteiger partial charge >= 0.3 is 6.18 Å². The Morgan fingerprint density at radius 3 is 2.48 bits per heavy atom. The topological polar surface area (TPSA) is 38.0 Å². The standard InChI is InChI=1S/C16H10ClF3N2OS.BrH/c17-11-4-1-9(2-5-11)15(23)8-24-22-13-6-3-10(16(18,19)20)7-12(13)21-14(15)22;/h1-7,23H,8H2;1H. The van der Waals surface area contributed by atoms with E-state index in [0.717, 1.165) is 12.1 Å². The summed E-state index contributed by atoms with van der Waals surface area (Å²) < 4.78 is 40.3. The van der Waals surface area contributed by atoms with Crippen LogP contribution >= 0.6 is 40.5 Å². The van der Waals surface area contributed by atoms with Gasteiger partial charge in [-0.3, -0.25) is 3.97 Å². The second-order valence-electron chi connectivity index (χ2n) is 5.57. The number of alkyl halides is 3. The molecule has 1 unspecified atom stereocenters. The molecule has 0 amide bonds. The molecule has 3 aromatic rings. The molecule has 0 saturated carbocycles. The van der Waals surface area contributed by atoms with Crippen LogP contribution in [0.5, 0.6) is 0 Å². The third-order valence-electron chi connectivity index (χ3n) is 4.03. The van der Waals surface area contributed by atoms with Crippen molar-refractivity contribution in [1.82, 2.24) is 8.96 Å². The highest BCUT2D eigenvalue weighted by Crippen LogP contribution is 2.43. The van der Waals surface area contributed by atoms with E-state index >= 15 is 0 Å². The van der Waals surface area contributed by atoms with Gasteiger partial charge in [0.2, 0.25) is 0 Å². The number of fused-ring (bicyclic) bond motifs is 3. The Morgan fingerprint density at radius 1 is 1.16 bits per heavy atom. The third kappa shape index (κ3) is 2.95. The number of benzene rings is 2. The highest BCUT2D eigenvalue weighted by Gasteiger charge is 2.43. The molecule has 0 fully saturated rings. The zero-order valence-electron chi connectivity index (χ0n) is 12.4. The van der Waals surface area contributed by atoms with Crippen LogP contribution in [0.3, 0.4) is 0 Å². The van der Waals surface area contributed by atoms with Crippen LogP contribution in [-0.4, -0.2) is 19.8 Å². The van der Waals surface area contributed by atoms with Gasteiger partial charge in [-0.2, -0.15) is 13.2 Å². The third-order valence-corrected chi connectivity index (χ3v) is 5.46. The van der Waals surface area contributed by atoms with Crippen molar-refractivity contribution < 1.29 is 18.3 Å². The fourth-order valence-electron chi connectivity index (χ4n) is 2.79. The Balaban J connectivity index is 0.00000182. The van der Waals surface area contributed by atoms with E-state index in [-0.39, 0.29) is 22.5 Å². The van der Waals surface area contributed by atoms with Crippen molar-refractivity contribution in [3.8, 4) is 0 Å². The maximum atomic E-state index is 12.9. The number of nitrogens with zero attached hydrogens (tertiary/aromatic N) is 2. The van der Waals surface area contributed by atoms with Gasteiger partial charge in [-0.1, -0.05) is 23.7 Å². The summed E-state index contributed by atoms with van der Waals surface area (Å²) in [7, 11) is 0. The first-order chi connectivity index (χ1) is 11.3. The Hall–Kier alpha value is -1.22. The first kappa shape index (κ1) is 18.6. The molecule has 2 aromatic carbocycles. The number of aliphatic hydroxyl groups is 1. The minimum absolute atomic E-state index is 0. The minimum atomic E-state index is -4.43. The Labute approximate surface area is 160 Å². The van der Waals surface area contributed by atoms with Crippen molar-refractivity contribution in [2.75, 3.05) is 5.75 Å². The Kier molecular flexibility index (Phi) is 4.60. The summed E-state index contributed by atoms with van der Waals surface area (Å²) >= 11 is 7.19. The number of halogens is 5. The number of aromatic nitrogens is 2. The summed E-state index contributed by atoms with van der Waals surface area (Å²) in [4.78, 5) is 4.28. The molecule has 0 aliphatic carbocycles. The van der Waals surface area contributed by atoms with Gasteiger partial charge in [0.1, 0.15) is 0 Å². The molecule has 132 valence electrons. The van der Waals surface area contributed by atoms with E-state index in [2.05, 4.69) is 4.98 Å². The lowest BCUT2D eigenvalue weighted by Crippen LogP contribution is -2.28. The average molecular weight is 452 g/mol. The van der Waals surface area contributed by atoms with E-state index in [1.807, 2.05) is 0 Å². The van der Waals surface area contributed by atoms with E-state index in [4.69, 9.17) is 11.6 Å². The lowest BCUT2D eigenvalue weighted by atomic mass is 9.95. The highest BCUT2D eigenvalue weighted by molar-refractivity contribution is 8.93. The normalized spacial score (nSPS) is 19.7. The maximum absolute atomic E-state index is 12.9. The lowest BCUT2D eigenvalue weighted by Gasteiger charge is -2.20. The fraction of sp³-hybridized carbons (Fsp3) is 0.188. The van der Waals surface area contributed by atoms with Gasteiger partial charge in [0, 0.05) is 5.02 Å². The van der Waals surface area contributed by atoms with Crippen LogP contribution in [0.4, 0.5) is 13.2 Å². The molecule has 2 heterocycles. The smallest absolute Gasteiger partial charge is 0.376 e. The molecule has 4 rings (SSSR count). The van der Waals surface area contributed by atoms with Gasteiger partial charge in [0.25, 0.3) is 0 Å². The number of hydrogen-bond donors (Lipinski definition) is 1. The van der Waals surface area contributed by atoms with Crippen LogP contribution in [0.15, 0.2) is 42.5 Å². The van der Waals surface area contributed by atoms with E-state index in [1.54, 1.807) is 28.2 Å². The molecule has 1 atom stereocenters. The molecule has 1 aliphatic rings. The van der Waals surface area contributed by atoms with Gasteiger partial charge in [-0.05, 0) is 47.8 Å². The second kappa shape index (κ2) is 6.19. The van der Waals surface area contributed by atoms with Crippen LogP contribution in [0.1, 0.15) is 17.0 Å². The molecule has 9 heteroatoms. The number of imidazole rings is 1. The van der Waals surface area contributed by atoms with E-state index in [9.17, 15) is 18.3 Å². The first-order valence-corrected chi connectivity index (χ1v) is 8.33. The van der Waals surface area contributed by atoms with Gasteiger partial charge in [0.15, 0.2) is 11.4 Å². The average Bonchev–Trinajstić information content (AvgIpc) is 3.05. The van der Waals surface area contributed by atoms with E-state index in [0.29, 0.717) is 27.7 Å². The van der Waals surface area contributed by atoms with Crippen LogP contribution in [0, 0.1) is 0 Å². The van der Waals surface area contributed by atoms with Gasteiger partial charge in [-0.15, -0.1) is 17.0 Å². The molecule has 0 spiro atoms. The quantitative estimate of drug-likeness (QED) is 0.564. The molecule has 0 radical (unpaired) electrons. The van der Waals surface area contributed by atoms with Gasteiger partial charge in [-0.25, -0.2) is 4.98 Å². The predicted octanol–water partition coefficient (Wildman–Crippen LogP) is 5.03. The summed E-state index contributed by atoms with van der Waals surface area (Å²) in [6, 6.07) is 10.1. The van der Waals surface area contributed by atoms with Crippen molar-refractivity contribution >= 4 is 51.6 Å². The number of rotatable bonds is 1. The van der Waals surface area contributed by atoms with Crippen molar-refractivity contribution in [3.05, 3.63) is 64.4 Å². The zero-order valence-corrected chi connectivity index (χ0v) is 15.7. The molecule has 1 aromatic heterocycles. The number of hydrogen-bond acceptors (Lipinski definition) is 3. The van der Waals surface area contributed by atoms with Crippen LogP contribution in [-0.2, 0) is 11.8 Å². The molecule has 3 nitrogen and oxygen atoms in total. The minimum Gasteiger partial charge on any atom is -0.376 e. The summed E-state index contributed by atoms with van der Waals surface area (Å²) in [6.07, 6.45) is -4.43. The Bertz CT molecular complexity index is 945. The molecule has 1 aliphatic heterocycles. The maximum Gasteiger partial charge on any atom is 0.416 e. The van der Waals surface area contributed by atoms with Gasteiger partial charge < -0.3 is 5.11 Å². The SMILES string of the molecule is Br.OC1(c2ccc(Cl)cc2)CSn2c1nc1cc(C(F)(F)F)ccc12. The lowest BCUT2D eigenvalue weighted by molar-refractivity contribution is -0.137. The van der Waals surface area contributed by atoms with Crippen LogP contribution in [0.2, 0.25) is 5.02 Å². The second-order valence-corrected chi connectivity index (χ2v) is 6.92. The summed E-state index contributed by atoms with van der Waals surface area (Å²) in [5.41, 5.74) is -0.768.